The van der Waals surface area contributed by atoms with Gasteiger partial charge >= 0.3 is 0 Å². The van der Waals surface area contributed by atoms with Crippen LogP contribution in [0, 0.1) is 0 Å². The molecule has 1 rings (SSSR count). The van der Waals surface area contributed by atoms with Crippen LogP contribution in [0.2, 0.25) is 0 Å². The fourth-order valence-corrected chi connectivity index (χ4v) is 1.17. The molecule has 0 bridgehead atoms. The molecule has 15 heavy (non-hydrogen) atoms. The highest BCUT2D eigenvalue weighted by Gasteiger charge is 2.03. The van der Waals surface area contributed by atoms with Crippen molar-refractivity contribution in [2.75, 3.05) is 32.2 Å². The number of aromatic nitrogens is 2. The zero-order valence-electron chi connectivity index (χ0n) is 9.18. The van der Waals surface area contributed by atoms with Crippen molar-refractivity contribution >= 4 is 5.95 Å². The molecule has 84 valence electrons. The number of hydrogen-bond acceptors (Lipinski definition) is 5. The van der Waals surface area contributed by atoms with Crippen molar-refractivity contribution in [1.29, 1.82) is 0 Å². The predicted octanol–water partition coefficient (Wildman–Crippen LogP) is 0.442. The third-order valence-corrected chi connectivity index (χ3v) is 2.06. The highest BCUT2D eigenvalue weighted by Crippen LogP contribution is 2.05. The zero-order chi connectivity index (χ0) is 11.1. The van der Waals surface area contributed by atoms with E-state index in [2.05, 4.69) is 9.97 Å². The second kappa shape index (κ2) is 6.31. The van der Waals surface area contributed by atoms with E-state index < -0.39 is 0 Å². The normalized spacial score (nSPS) is 10.3. The first-order valence-electron chi connectivity index (χ1n) is 4.89. The van der Waals surface area contributed by atoms with Crippen molar-refractivity contribution in [2.45, 2.75) is 13.0 Å². The fourth-order valence-electron chi connectivity index (χ4n) is 1.17. The van der Waals surface area contributed by atoms with E-state index >= 15 is 0 Å². The summed E-state index contributed by atoms with van der Waals surface area (Å²) < 4.78 is 4.96. The Morgan fingerprint density at radius 2 is 2.07 bits per heavy atom. The summed E-state index contributed by atoms with van der Waals surface area (Å²) in [6.07, 6.45) is 4.21. The van der Waals surface area contributed by atoms with Gasteiger partial charge < -0.3 is 14.7 Å². The van der Waals surface area contributed by atoms with Crippen LogP contribution >= 0.6 is 0 Å². The third-order valence-electron chi connectivity index (χ3n) is 2.06. The Hall–Kier alpha value is -1.20. The summed E-state index contributed by atoms with van der Waals surface area (Å²) in [4.78, 5) is 10.2. The van der Waals surface area contributed by atoms with Gasteiger partial charge in [0.1, 0.15) is 0 Å². The first-order valence-corrected chi connectivity index (χ1v) is 4.89. The molecular formula is C10H17N3O2. The van der Waals surface area contributed by atoms with Gasteiger partial charge in [0.25, 0.3) is 0 Å². The number of hydrogen-bond donors (Lipinski definition) is 1. The Morgan fingerprint density at radius 3 is 2.60 bits per heavy atom. The van der Waals surface area contributed by atoms with E-state index in [0.717, 1.165) is 25.1 Å². The molecule has 0 aliphatic rings. The van der Waals surface area contributed by atoms with Crippen molar-refractivity contribution in [3.8, 4) is 0 Å². The molecule has 0 atom stereocenters. The van der Waals surface area contributed by atoms with E-state index in [4.69, 9.17) is 9.84 Å². The molecule has 1 N–H and O–H groups in total. The summed E-state index contributed by atoms with van der Waals surface area (Å²) in [7, 11) is 3.62. The maximum absolute atomic E-state index is 8.83. The second-order valence-electron chi connectivity index (χ2n) is 3.32. The van der Waals surface area contributed by atoms with E-state index in [1.807, 2.05) is 11.9 Å². The summed E-state index contributed by atoms with van der Waals surface area (Å²) in [6.45, 7) is 1.57. The molecule has 1 heterocycles. The molecule has 0 unspecified atom stereocenters. The smallest absolute Gasteiger partial charge is 0.224 e. The van der Waals surface area contributed by atoms with Crippen LogP contribution in [0.25, 0.3) is 0 Å². The molecule has 1 aromatic heterocycles. The van der Waals surface area contributed by atoms with Crippen LogP contribution in [-0.4, -0.2) is 42.4 Å². The van der Waals surface area contributed by atoms with Gasteiger partial charge in [-0.2, -0.15) is 0 Å². The lowest BCUT2D eigenvalue weighted by Crippen LogP contribution is -2.22. The lowest BCUT2D eigenvalue weighted by Gasteiger charge is -2.16. The Balaban J connectivity index is 2.46. The molecule has 0 radical (unpaired) electrons. The van der Waals surface area contributed by atoms with Gasteiger partial charge in [-0.25, -0.2) is 9.97 Å². The van der Waals surface area contributed by atoms with E-state index in [1.165, 1.54) is 0 Å². The number of ether oxygens (including phenoxy) is 1. The average Bonchev–Trinajstić information content (AvgIpc) is 2.29. The van der Waals surface area contributed by atoms with Gasteiger partial charge in [0.2, 0.25) is 5.95 Å². The fraction of sp³-hybridized carbons (Fsp3) is 0.600. The Morgan fingerprint density at radius 1 is 1.40 bits per heavy atom. The largest absolute Gasteiger partial charge is 0.392 e. The highest BCUT2D eigenvalue weighted by atomic mass is 16.5. The molecule has 0 aromatic carbocycles. The number of nitrogens with zero attached hydrogens (tertiary/aromatic N) is 3. The summed E-state index contributed by atoms with van der Waals surface area (Å²) in [5.74, 6) is 0.670. The Labute approximate surface area is 89.7 Å². The first-order chi connectivity index (χ1) is 7.27. The van der Waals surface area contributed by atoms with Crippen LogP contribution in [0.4, 0.5) is 5.95 Å². The predicted molar refractivity (Wildman–Crippen MR) is 57.7 cm³/mol. The van der Waals surface area contributed by atoms with Gasteiger partial charge in [0, 0.05) is 45.3 Å². The van der Waals surface area contributed by atoms with Crippen LogP contribution in [0.1, 0.15) is 12.0 Å². The molecule has 5 heteroatoms. The van der Waals surface area contributed by atoms with E-state index in [9.17, 15) is 0 Å². The van der Waals surface area contributed by atoms with E-state index in [0.29, 0.717) is 5.95 Å². The van der Waals surface area contributed by atoms with Crippen LogP contribution in [0.3, 0.4) is 0 Å². The van der Waals surface area contributed by atoms with Gasteiger partial charge in [-0.1, -0.05) is 0 Å². The van der Waals surface area contributed by atoms with Crippen LogP contribution in [-0.2, 0) is 11.3 Å². The van der Waals surface area contributed by atoms with Crippen molar-refractivity contribution in [3.05, 3.63) is 18.0 Å². The quantitative estimate of drug-likeness (QED) is 0.692. The molecule has 5 nitrogen and oxygen atoms in total. The molecule has 0 fully saturated rings. The van der Waals surface area contributed by atoms with Gasteiger partial charge in [-0.3, -0.25) is 0 Å². The second-order valence-corrected chi connectivity index (χ2v) is 3.32. The molecule has 0 amide bonds. The van der Waals surface area contributed by atoms with Crippen LogP contribution < -0.4 is 4.90 Å². The van der Waals surface area contributed by atoms with Crippen molar-refractivity contribution in [2.24, 2.45) is 0 Å². The van der Waals surface area contributed by atoms with Gasteiger partial charge in [0.15, 0.2) is 0 Å². The van der Waals surface area contributed by atoms with Gasteiger partial charge in [-0.05, 0) is 6.42 Å². The molecule has 0 spiro atoms. The summed E-state index contributed by atoms with van der Waals surface area (Å²) >= 11 is 0. The minimum Gasteiger partial charge on any atom is -0.392 e. The van der Waals surface area contributed by atoms with E-state index in [1.54, 1.807) is 19.5 Å². The summed E-state index contributed by atoms with van der Waals surface area (Å²) in [5, 5.41) is 8.83. The topological polar surface area (TPSA) is 58.5 Å². The molecule has 0 aliphatic heterocycles. The van der Waals surface area contributed by atoms with Gasteiger partial charge in [-0.15, -0.1) is 0 Å². The highest BCUT2D eigenvalue weighted by molar-refractivity contribution is 5.27. The third kappa shape index (κ3) is 3.81. The number of aliphatic hydroxyl groups is 1. The maximum Gasteiger partial charge on any atom is 0.224 e. The molecule has 0 aliphatic carbocycles. The van der Waals surface area contributed by atoms with Crippen molar-refractivity contribution in [1.82, 2.24) is 9.97 Å². The van der Waals surface area contributed by atoms with Gasteiger partial charge in [0.05, 0.1) is 6.61 Å². The zero-order valence-corrected chi connectivity index (χ0v) is 9.18. The van der Waals surface area contributed by atoms with Crippen molar-refractivity contribution in [3.63, 3.8) is 0 Å². The molecule has 0 saturated heterocycles. The number of methoxy groups -OCH3 is 1. The minimum absolute atomic E-state index is 0.0202. The average molecular weight is 211 g/mol. The molecule has 0 saturated carbocycles. The Bertz CT molecular complexity index is 277. The lowest BCUT2D eigenvalue weighted by molar-refractivity contribution is 0.196. The maximum atomic E-state index is 8.83. The SMILES string of the molecule is COCCCN(C)c1ncc(CO)cn1. The number of aliphatic hydroxyl groups excluding tert-OH is 1. The number of anilines is 1. The van der Waals surface area contributed by atoms with Crippen LogP contribution in [0.15, 0.2) is 12.4 Å². The Kier molecular flexibility index (Phi) is 5.00. The lowest BCUT2D eigenvalue weighted by atomic mass is 10.4. The summed E-state index contributed by atoms with van der Waals surface area (Å²) in [6, 6.07) is 0. The standard InChI is InChI=1S/C10H17N3O2/c1-13(4-3-5-15-2)10-11-6-9(8-14)7-12-10/h6-7,14H,3-5,8H2,1-2H3. The monoisotopic (exact) mass is 211 g/mol. The molecular weight excluding hydrogens is 194 g/mol. The summed E-state index contributed by atoms with van der Waals surface area (Å²) in [5.41, 5.74) is 0.726. The first kappa shape index (κ1) is 11.9. The van der Waals surface area contributed by atoms with E-state index in [-0.39, 0.29) is 6.61 Å². The van der Waals surface area contributed by atoms with Crippen LogP contribution in [0.5, 0.6) is 0 Å². The molecule has 1 aromatic rings. The number of rotatable bonds is 6. The van der Waals surface area contributed by atoms with Crippen molar-refractivity contribution < 1.29 is 9.84 Å². The minimum atomic E-state index is -0.0202.